The molecule has 1 aliphatic rings. The van der Waals surface area contributed by atoms with Gasteiger partial charge < -0.3 is 10.6 Å². The van der Waals surface area contributed by atoms with Crippen LogP contribution in [0.5, 0.6) is 0 Å². The van der Waals surface area contributed by atoms with Crippen LogP contribution in [0, 0.1) is 18.3 Å². The van der Waals surface area contributed by atoms with Crippen LogP contribution in [0.3, 0.4) is 0 Å². The molecule has 1 aromatic heterocycles. The van der Waals surface area contributed by atoms with E-state index in [-0.39, 0.29) is 0 Å². The lowest BCUT2D eigenvalue weighted by atomic mass is 10.2. The van der Waals surface area contributed by atoms with E-state index in [0.717, 1.165) is 23.7 Å². The molecule has 3 rings (SSSR count). The molecule has 0 bridgehead atoms. The molecule has 4 nitrogen and oxygen atoms in total. The van der Waals surface area contributed by atoms with E-state index in [1.807, 2.05) is 43.3 Å². The van der Waals surface area contributed by atoms with E-state index < -0.39 is 0 Å². The van der Waals surface area contributed by atoms with Crippen molar-refractivity contribution in [2.45, 2.75) is 32.4 Å². The molecular formula is C17H18N4. The van der Waals surface area contributed by atoms with Crippen LogP contribution in [0.1, 0.15) is 29.7 Å². The Hall–Kier alpha value is -2.54. The molecule has 0 spiro atoms. The lowest BCUT2D eigenvalue weighted by Crippen LogP contribution is -2.26. The van der Waals surface area contributed by atoms with Gasteiger partial charge in [0.2, 0.25) is 0 Å². The third kappa shape index (κ3) is 3.14. The molecule has 0 atom stereocenters. The maximum atomic E-state index is 9.13. The van der Waals surface area contributed by atoms with Crippen molar-refractivity contribution in [3.63, 3.8) is 0 Å². The number of pyridine rings is 1. The van der Waals surface area contributed by atoms with Crippen molar-refractivity contribution in [2.24, 2.45) is 0 Å². The van der Waals surface area contributed by atoms with E-state index in [4.69, 9.17) is 11.0 Å². The zero-order valence-electron chi connectivity index (χ0n) is 12.1. The van der Waals surface area contributed by atoms with Crippen molar-refractivity contribution in [3.05, 3.63) is 53.2 Å². The van der Waals surface area contributed by atoms with Crippen LogP contribution < -0.4 is 10.6 Å². The molecule has 0 unspecified atom stereocenters. The summed E-state index contributed by atoms with van der Waals surface area (Å²) >= 11 is 0. The molecule has 1 aromatic carbocycles. The number of rotatable bonds is 4. The zero-order valence-corrected chi connectivity index (χ0v) is 12.1. The number of hydrogen-bond acceptors (Lipinski definition) is 4. The zero-order chi connectivity index (χ0) is 14.8. The van der Waals surface area contributed by atoms with Gasteiger partial charge in [0.05, 0.1) is 11.6 Å². The summed E-state index contributed by atoms with van der Waals surface area (Å²) < 4.78 is 0. The van der Waals surface area contributed by atoms with E-state index in [0.29, 0.717) is 11.6 Å². The molecule has 0 amide bonds. The Bertz CT molecular complexity index is 681. The van der Waals surface area contributed by atoms with E-state index >= 15 is 0 Å². The van der Waals surface area contributed by atoms with Crippen molar-refractivity contribution in [1.82, 2.24) is 4.98 Å². The number of hydrogen-bond donors (Lipinski definition) is 1. The van der Waals surface area contributed by atoms with Crippen molar-refractivity contribution >= 4 is 11.5 Å². The predicted molar refractivity (Wildman–Crippen MR) is 83.7 cm³/mol. The second-order valence-corrected chi connectivity index (χ2v) is 5.57. The topological polar surface area (TPSA) is 65.9 Å². The standard InChI is InChI=1S/C17H18N4/c1-12-8-14(10-18)9-17(20-12)21(16-6-7-16)11-13-2-4-15(19)5-3-13/h2-5,8-9,16H,6-7,11,19H2,1H3. The molecular weight excluding hydrogens is 260 g/mol. The van der Waals surface area contributed by atoms with Gasteiger partial charge in [-0.3, -0.25) is 0 Å². The highest BCUT2D eigenvalue weighted by Crippen LogP contribution is 2.32. The molecule has 1 saturated carbocycles. The third-order valence-corrected chi connectivity index (χ3v) is 3.68. The van der Waals surface area contributed by atoms with Crippen LogP contribution >= 0.6 is 0 Å². The molecule has 2 N–H and O–H groups in total. The Kier molecular flexibility index (Phi) is 3.49. The molecule has 106 valence electrons. The number of aryl methyl sites for hydroxylation is 1. The summed E-state index contributed by atoms with van der Waals surface area (Å²) in [6.07, 6.45) is 2.37. The minimum atomic E-state index is 0.531. The molecule has 0 saturated heterocycles. The summed E-state index contributed by atoms with van der Waals surface area (Å²) in [5, 5.41) is 9.13. The first kappa shape index (κ1) is 13.4. The quantitative estimate of drug-likeness (QED) is 0.873. The maximum Gasteiger partial charge on any atom is 0.130 e. The number of nitrogens with zero attached hydrogens (tertiary/aromatic N) is 3. The Morgan fingerprint density at radius 1 is 1.29 bits per heavy atom. The largest absolute Gasteiger partial charge is 0.399 e. The van der Waals surface area contributed by atoms with E-state index in [1.165, 1.54) is 18.4 Å². The Morgan fingerprint density at radius 3 is 2.62 bits per heavy atom. The van der Waals surface area contributed by atoms with E-state index in [1.54, 1.807) is 0 Å². The van der Waals surface area contributed by atoms with Gasteiger partial charge in [-0.1, -0.05) is 12.1 Å². The number of nitrogens with two attached hydrogens (primary N) is 1. The van der Waals surface area contributed by atoms with E-state index in [9.17, 15) is 0 Å². The number of aromatic nitrogens is 1. The molecule has 0 aliphatic heterocycles. The highest BCUT2D eigenvalue weighted by molar-refractivity contribution is 5.49. The minimum absolute atomic E-state index is 0.531. The van der Waals surface area contributed by atoms with Crippen LogP contribution in [0.25, 0.3) is 0 Å². The second-order valence-electron chi connectivity index (χ2n) is 5.57. The molecule has 1 fully saturated rings. The highest BCUT2D eigenvalue weighted by atomic mass is 15.2. The van der Waals surface area contributed by atoms with Crippen molar-refractivity contribution in [3.8, 4) is 6.07 Å². The average Bonchev–Trinajstić information content (AvgIpc) is 3.30. The summed E-state index contributed by atoms with van der Waals surface area (Å²) in [4.78, 5) is 6.90. The average molecular weight is 278 g/mol. The van der Waals surface area contributed by atoms with Crippen molar-refractivity contribution in [1.29, 1.82) is 5.26 Å². The number of benzene rings is 1. The SMILES string of the molecule is Cc1cc(C#N)cc(N(Cc2ccc(N)cc2)C2CC2)n1. The fourth-order valence-corrected chi connectivity index (χ4v) is 2.47. The molecule has 21 heavy (non-hydrogen) atoms. The number of nitrogen functional groups attached to an aromatic ring is 1. The summed E-state index contributed by atoms with van der Waals surface area (Å²) in [6, 6.07) is 14.4. The third-order valence-electron chi connectivity index (χ3n) is 3.68. The van der Waals surface area contributed by atoms with Gasteiger partial charge in [-0.25, -0.2) is 4.98 Å². The van der Waals surface area contributed by atoms with Crippen LogP contribution in [-0.4, -0.2) is 11.0 Å². The second kappa shape index (κ2) is 5.45. The van der Waals surface area contributed by atoms with Gasteiger partial charge in [0.25, 0.3) is 0 Å². The van der Waals surface area contributed by atoms with Gasteiger partial charge >= 0.3 is 0 Å². The van der Waals surface area contributed by atoms with Gasteiger partial charge in [0, 0.05) is 24.0 Å². The van der Waals surface area contributed by atoms with Crippen LogP contribution in [0.2, 0.25) is 0 Å². The smallest absolute Gasteiger partial charge is 0.130 e. The number of anilines is 2. The monoisotopic (exact) mass is 278 g/mol. The van der Waals surface area contributed by atoms with Crippen LogP contribution in [0.15, 0.2) is 36.4 Å². The molecule has 1 aliphatic carbocycles. The fourth-order valence-electron chi connectivity index (χ4n) is 2.47. The van der Waals surface area contributed by atoms with Gasteiger partial charge in [-0.15, -0.1) is 0 Å². The van der Waals surface area contributed by atoms with Gasteiger partial charge in [0.15, 0.2) is 0 Å². The maximum absolute atomic E-state index is 9.13. The minimum Gasteiger partial charge on any atom is -0.399 e. The predicted octanol–water partition coefficient (Wildman–Crippen LogP) is 3.01. The highest BCUT2D eigenvalue weighted by Gasteiger charge is 2.30. The Morgan fingerprint density at radius 2 is 2.00 bits per heavy atom. The number of nitriles is 1. The normalized spacial score (nSPS) is 13.7. The molecule has 1 heterocycles. The van der Waals surface area contributed by atoms with E-state index in [2.05, 4.69) is 16.0 Å². The van der Waals surface area contributed by atoms with Gasteiger partial charge in [-0.2, -0.15) is 5.26 Å². The Balaban J connectivity index is 1.90. The summed E-state index contributed by atoms with van der Waals surface area (Å²) in [7, 11) is 0. The van der Waals surface area contributed by atoms with Crippen molar-refractivity contribution < 1.29 is 0 Å². The summed E-state index contributed by atoms with van der Waals surface area (Å²) in [5.41, 5.74) is 9.27. The van der Waals surface area contributed by atoms with Gasteiger partial charge in [0.1, 0.15) is 5.82 Å². The molecule has 4 heteroatoms. The molecule has 2 aromatic rings. The summed E-state index contributed by atoms with van der Waals surface area (Å²) in [5.74, 6) is 0.894. The first-order chi connectivity index (χ1) is 10.2. The van der Waals surface area contributed by atoms with Crippen molar-refractivity contribution in [2.75, 3.05) is 10.6 Å². The molecule has 0 radical (unpaired) electrons. The first-order valence-corrected chi connectivity index (χ1v) is 7.15. The lowest BCUT2D eigenvalue weighted by Gasteiger charge is -2.24. The first-order valence-electron chi connectivity index (χ1n) is 7.15. The fraction of sp³-hybridized carbons (Fsp3) is 0.294. The van der Waals surface area contributed by atoms with Gasteiger partial charge in [-0.05, 0) is 49.6 Å². The Labute approximate surface area is 124 Å². The summed E-state index contributed by atoms with van der Waals surface area (Å²) in [6.45, 7) is 2.73. The lowest BCUT2D eigenvalue weighted by molar-refractivity contribution is 0.775. The van der Waals surface area contributed by atoms with Crippen LogP contribution in [-0.2, 0) is 6.54 Å². The van der Waals surface area contributed by atoms with Crippen LogP contribution in [0.4, 0.5) is 11.5 Å².